The van der Waals surface area contributed by atoms with Crippen LogP contribution in [0.15, 0.2) is 21.9 Å². The molecule has 0 saturated carbocycles. The van der Waals surface area contributed by atoms with Crippen LogP contribution in [0.2, 0.25) is 5.15 Å². The Morgan fingerprint density at radius 1 is 1.15 bits per heavy atom. The zero-order valence-electron chi connectivity index (χ0n) is 15.6. The number of piperazine rings is 1. The highest BCUT2D eigenvalue weighted by molar-refractivity contribution is 7.13. The summed E-state index contributed by atoms with van der Waals surface area (Å²) >= 11 is 8.04. The van der Waals surface area contributed by atoms with Gasteiger partial charge in [0.1, 0.15) is 5.15 Å². The summed E-state index contributed by atoms with van der Waals surface area (Å²) in [5.41, 5.74) is 2.25. The van der Waals surface area contributed by atoms with Gasteiger partial charge in [0.05, 0.1) is 17.1 Å². The third kappa shape index (κ3) is 4.08. The second-order valence-corrected chi connectivity index (χ2v) is 8.03. The number of halogens is 1. The highest BCUT2D eigenvalue weighted by Gasteiger charge is 2.22. The van der Waals surface area contributed by atoms with Gasteiger partial charge >= 0.3 is 0 Å². The van der Waals surface area contributed by atoms with Crippen LogP contribution in [-0.4, -0.2) is 56.0 Å². The molecule has 7 nitrogen and oxygen atoms in total. The maximum atomic E-state index is 6.43. The molecule has 0 unspecified atom stereocenters. The summed E-state index contributed by atoms with van der Waals surface area (Å²) < 4.78 is 7.58. The zero-order valence-corrected chi connectivity index (χ0v) is 17.1. The fourth-order valence-corrected chi connectivity index (χ4v) is 4.23. The molecule has 3 aromatic heterocycles. The lowest BCUT2D eigenvalue weighted by Gasteiger charge is -2.33. The number of aromatic nitrogens is 4. The highest BCUT2D eigenvalue weighted by atomic mass is 35.5. The van der Waals surface area contributed by atoms with Crippen LogP contribution >= 0.6 is 22.9 Å². The van der Waals surface area contributed by atoms with E-state index in [1.165, 1.54) is 0 Å². The van der Waals surface area contributed by atoms with Crippen LogP contribution < -0.4 is 0 Å². The van der Waals surface area contributed by atoms with E-state index in [0.717, 1.165) is 60.4 Å². The van der Waals surface area contributed by atoms with Gasteiger partial charge < -0.3 is 4.42 Å². The summed E-state index contributed by atoms with van der Waals surface area (Å²) in [7, 11) is 1.90. The maximum absolute atomic E-state index is 6.43. The van der Waals surface area contributed by atoms with Gasteiger partial charge in [0.2, 0.25) is 5.89 Å². The molecule has 0 radical (unpaired) electrons. The largest absolute Gasteiger partial charge is 0.419 e. The number of hydrogen-bond acceptors (Lipinski definition) is 7. The van der Waals surface area contributed by atoms with Crippen molar-refractivity contribution >= 4 is 22.9 Å². The van der Waals surface area contributed by atoms with Crippen LogP contribution in [0.4, 0.5) is 0 Å². The molecule has 0 atom stereocenters. The van der Waals surface area contributed by atoms with Crippen molar-refractivity contribution in [2.24, 2.45) is 7.05 Å². The van der Waals surface area contributed by atoms with Crippen LogP contribution in [0.3, 0.4) is 0 Å². The summed E-state index contributed by atoms with van der Waals surface area (Å²) in [5.74, 6) is 1.28. The van der Waals surface area contributed by atoms with Crippen LogP contribution in [0.5, 0.6) is 0 Å². The lowest BCUT2D eigenvalue weighted by Crippen LogP contribution is -2.45. The van der Waals surface area contributed by atoms with Crippen molar-refractivity contribution in [1.82, 2.24) is 29.8 Å². The average Bonchev–Trinajstić information content (AvgIpc) is 3.41. The van der Waals surface area contributed by atoms with Gasteiger partial charge in [-0.3, -0.25) is 14.5 Å². The molecule has 0 amide bonds. The SMILES string of the molecule is CCc1nn(C)c(Cl)c1CN1CCN(Cc2nnc(-c3cccs3)o2)CC1. The molecule has 0 aliphatic carbocycles. The van der Waals surface area contributed by atoms with E-state index in [4.69, 9.17) is 16.0 Å². The van der Waals surface area contributed by atoms with Gasteiger partial charge in [-0.2, -0.15) is 5.10 Å². The normalized spacial score (nSPS) is 16.3. The molecule has 3 aromatic rings. The summed E-state index contributed by atoms with van der Waals surface area (Å²) in [5, 5.41) is 15.6. The van der Waals surface area contributed by atoms with E-state index < -0.39 is 0 Å². The van der Waals surface area contributed by atoms with Crippen molar-refractivity contribution < 1.29 is 4.42 Å². The van der Waals surface area contributed by atoms with Gasteiger partial charge in [0.15, 0.2) is 0 Å². The molecule has 0 aromatic carbocycles. The quantitative estimate of drug-likeness (QED) is 0.626. The third-order valence-corrected chi connectivity index (χ3v) is 6.22. The molecule has 144 valence electrons. The van der Waals surface area contributed by atoms with Crippen molar-refractivity contribution in [2.45, 2.75) is 26.4 Å². The minimum Gasteiger partial charge on any atom is -0.419 e. The van der Waals surface area contributed by atoms with Crippen molar-refractivity contribution in [3.05, 3.63) is 39.8 Å². The molecule has 4 rings (SSSR count). The molecule has 1 saturated heterocycles. The first-order chi connectivity index (χ1) is 13.1. The molecule has 1 aliphatic heterocycles. The Morgan fingerprint density at radius 3 is 2.56 bits per heavy atom. The first kappa shape index (κ1) is 18.6. The minimum absolute atomic E-state index is 0.608. The van der Waals surface area contributed by atoms with Crippen LogP contribution in [0.25, 0.3) is 10.8 Å². The molecule has 9 heteroatoms. The molecular weight excluding hydrogens is 384 g/mol. The molecule has 4 heterocycles. The Balaban J connectivity index is 1.32. The highest BCUT2D eigenvalue weighted by Crippen LogP contribution is 2.24. The molecular formula is C18H23ClN6OS. The maximum Gasteiger partial charge on any atom is 0.257 e. The van der Waals surface area contributed by atoms with E-state index in [9.17, 15) is 0 Å². The van der Waals surface area contributed by atoms with Crippen LogP contribution in [0, 0.1) is 0 Å². The first-order valence-corrected chi connectivity index (χ1v) is 10.4. The zero-order chi connectivity index (χ0) is 18.8. The Bertz CT molecular complexity index is 882. The number of aryl methyl sites for hydroxylation is 2. The van der Waals surface area contributed by atoms with E-state index in [-0.39, 0.29) is 0 Å². The molecule has 0 spiro atoms. The van der Waals surface area contributed by atoms with Crippen molar-refractivity contribution in [3.63, 3.8) is 0 Å². The monoisotopic (exact) mass is 406 g/mol. The van der Waals surface area contributed by atoms with E-state index >= 15 is 0 Å². The van der Waals surface area contributed by atoms with Crippen molar-refractivity contribution in [1.29, 1.82) is 0 Å². The predicted octanol–water partition coefficient (Wildman–Crippen LogP) is 3.07. The van der Waals surface area contributed by atoms with Gasteiger partial charge in [-0.25, -0.2) is 0 Å². The van der Waals surface area contributed by atoms with Gasteiger partial charge in [-0.05, 0) is 17.9 Å². The lowest BCUT2D eigenvalue weighted by atomic mass is 10.2. The molecule has 0 N–H and O–H groups in total. The van der Waals surface area contributed by atoms with Crippen molar-refractivity contribution in [3.8, 4) is 10.8 Å². The molecule has 0 bridgehead atoms. The van der Waals surface area contributed by atoms with E-state index in [1.54, 1.807) is 16.0 Å². The number of rotatable bonds is 6. The number of hydrogen-bond donors (Lipinski definition) is 0. The Kier molecular flexibility index (Phi) is 5.58. The third-order valence-electron chi connectivity index (χ3n) is 4.89. The summed E-state index contributed by atoms with van der Waals surface area (Å²) in [6.07, 6.45) is 0.902. The smallest absolute Gasteiger partial charge is 0.257 e. The Hall–Kier alpha value is -1.74. The van der Waals surface area contributed by atoms with E-state index in [1.807, 2.05) is 24.6 Å². The Labute approximate surface area is 167 Å². The second kappa shape index (κ2) is 8.10. The van der Waals surface area contributed by atoms with Crippen LogP contribution in [-0.2, 0) is 26.6 Å². The van der Waals surface area contributed by atoms with Crippen LogP contribution in [0.1, 0.15) is 24.1 Å². The first-order valence-electron chi connectivity index (χ1n) is 9.15. The van der Waals surface area contributed by atoms with Gasteiger partial charge in [0.25, 0.3) is 5.89 Å². The van der Waals surface area contributed by atoms with E-state index in [2.05, 4.69) is 32.0 Å². The van der Waals surface area contributed by atoms with Crippen molar-refractivity contribution in [2.75, 3.05) is 26.2 Å². The lowest BCUT2D eigenvalue weighted by molar-refractivity contribution is 0.114. The Morgan fingerprint density at radius 2 is 1.89 bits per heavy atom. The number of thiophene rings is 1. The summed E-state index contributed by atoms with van der Waals surface area (Å²) in [6.45, 7) is 7.58. The number of nitrogens with zero attached hydrogens (tertiary/aromatic N) is 6. The average molecular weight is 407 g/mol. The summed E-state index contributed by atoms with van der Waals surface area (Å²) in [4.78, 5) is 5.80. The molecule has 1 aliphatic rings. The summed E-state index contributed by atoms with van der Waals surface area (Å²) in [6, 6.07) is 3.98. The fourth-order valence-electron chi connectivity index (χ4n) is 3.38. The van der Waals surface area contributed by atoms with Gasteiger partial charge in [-0.1, -0.05) is 24.6 Å². The molecule has 27 heavy (non-hydrogen) atoms. The molecule has 1 fully saturated rings. The standard InChI is InChI=1S/C18H23ClN6OS/c1-3-14-13(17(19)23(2)22-14)11-24-6-8-25(9-7-24)12-16-20-21-18(26-16)15-5-4-10-27-15/h4-5,10H,3,6-9,11-12H2,1-2H3. The topological polar surface area (TPSA) is 63.2 Å². The van der Waals surface area contributed by atoms with Gasteiger partial charge in [-0.15, -0.1) is 21.5 Å². The predicted molar refractivity (Wildman–Crippen MR) is 106 cm³/mol. The van der Waals surface area contributed by atoms with Gasteiger partial charge in [0, 0.05) is 45.3 Å². The minimum atomic E-state index is 0.608. The van der Waals surface area contributed by atoms with E-state index in [0.29, 0.717) is 18.3 Å². The fraction of sp³-hybridized carbons (Fsp3) is 0.500. The second-order valence-electron chi connectivity index (χ2n) is 6.72.